The molecule has 3 aromatic rings. The SMILES string of the molecule is CCOc1ccccc1N(CC(=O)N(Cc1ccccc1C)[C@H](CC)C(=O)NC1CCCC1)S(=O)(=O)c1ccc(C)cc1. The fourth-order valence-electron chi connectivity index (χ4n) is 5.55. The third-order valence-electron chi connectivity index (χ3n) is 8.01. The van der Waals surface area contributed by atoms with E-state index in [1.807, 2.05) is 52.0 Å². The molecule has 43 heavy (non-hydrogen) atoms. The van der Waals surface area contributed by atoms with Gasteiger partial charge in [-0.1, -0.05) is 73.9 Å². The minimum Gasteiger partial charge on any atom is -0.492 e. The summed E-state index contributed by atoms with van der Waals surface area (Å²) in [5, 5.41) is 3.15. The number of nitrogens with zero attached hydrogens (tertiary/aromatic N) is 2. The van der Waals surface area contributed by atoms with Crippen molar-refractivity contribution in [2.75, 3.05) is 17.5 Å². The van der Waals surface area contributed by atoms with Gasteiger partial charge in [-0.05, 0) is 75.4 Å². The summed E-state index contributed by atoms with van der Waals surface area (Å²) in [6.07, 6.45) is 4.36. The highest BCUT2D eigenvalue weighted by Gasteiger charge is 2.35. The maximum absolute atomic E-state index is 14.4. The second-order valence-corrected chi connectivity index (χ2v) is 12.9. The number of benzene rings is 3. The number of para-hydroxylation sites is 2. The fraction of sp³-hybridized carbons (Fsp3) is 0.412. The Kier molecular flexibility index (Phi) is 10.9. The van der Waals surface area contributed by atoms with Crippen LogP contribution in [0.15, 0.2) is 77.7 Å². The van der Waals surface area contributed by atoms with E-state index in [1.165, 1.54) is 4.90 Å². The molecule has 2 amide bonds. The summed E-state index contributed by atoms with van der Waals surface area (Å²) in [7, 11) is -4.19. The Hall–Kier alpha value is -3.85. The van der Waals surface area contributed by atoms with Gasteiger partial charge in [-0.3, -0.25) is 13.9 Å². The Bertz CT molecular complexity index is 1500. The van der Waals surface area contributed by atoms with Crippen LogP contribution in [0.4, 0.5) is 5.69 Å². The monoisotopic (exact) mass is 605 g/mol. The van der Waals surface area contributed by atoms with Crippen LogP contribution in [-0.2, 0) is 26.2 Å². The van der Waals surface area contributed by atoms with Crippen molar-refractivity contribution in [2.24, 2.45) is 0 Å². The number of rotatable bonds is 13. The third-order valence-corrected chi connectivity index (χ3v) is 9.79. The fourth-order valence-corrected chi connectivity index (χ4v) is 6.97. The molecule has 0 aromatic heterocycles. The van der Waals surface area contributed by atoms with E-state index in [9.17, 15) is 18.0 Å². The molecule has 0 saturated heterocycles. The van der Waals surface area contributed by atoms with Gasteiger partial charge in [0.15, 0.2) is 0 Å². The smallest absolute Gasteiger partial charge is 0.264 e. The normalized spacial score (nSPS) is 14.2. The van der Waals surface area contributed by atoms with Gasteiger partial charge in [0.05, 0.1) is 17.2 Å². The highest BCUT2D eigenvalue weighted by atomic mass is 32.2. The molecule has 1 atom stereocenters. The summed E-state index contributed by atoms with van der Waals surface area (Å²) in [5.41, 5.74) is 3.06. The molecule has 8 nitrogen and oxygen atoms in total. The Labute approximate surface area is 256 Å². The van der Waals surface area contributed by atoms with Gasteiger partial charge in [-0.2, -0.15) is 0 Å². The summed E-state index contributed by atoms with van der Waals surface area (Å²) in [6, 6.07) is 20.4. The van der Waals surface area contributed by atoms with Gasteiger partial charge in [-0.25, -0.2) is 8.42 Å². The second kappa shape index (κ2) is 14.6. The van der Waals surface area contributed by atoms with Crippen molar-refractivity contribution in [1.82, 2.24) is 10.2 Å². The molecule has 4 rings (SSSR count). The van der Waals surface area contributed by atoms with Crippen LogP contribution in [0.3, 0.4) is 0 Å². The quantitative estimate of drug-likeness (QED) is 0.267. The first-order valence-corrected chi connectivity index (χ1v) is 16.5. The van der Waals surface area contributed by atoms with E-state index in [2.05, 4.69) is 5.32 Å². The van der Waals surface area contributed by atoms with Gasteiger partial charge in [0, 0.05) is 12.6 Å². The lowest BCUT2D eigenvalue weighted by molar-refractivity contribution is -0.140. The number of hydrogen-bond acceptors (Lipinski definition) is 5. The van der Waals surface area contributed by atoms with Crippen LogP contribution in [0.1, 0.15) is 62.6 Å². The molecule has 230 valence electrons. The number of ether oxygens (including phenoxy) is 1. The number of hydrogen-bond donors (Lipinski definition) is 1. The van der Waals surface area contributed by atoms with E-state index in [1.54, 1.807) is 48.5 Å². The number of amides is 2. The lowest BCUT2D eigenvalue weighted by Crippen LogP contribution is -2.53. The zero-order valence-corrected chi connectivity index (χ0v) is 26.4. The summed E-state index contributed by atoms with van der Waals surface area (Å²) in [6.45, 7) is 7.54. The predicted octanol–water partition coefficient (Wildman–Crippen LogP) is 5.76. The highest BCUT2D eigenvalue weighted by molar-refractivity contribution is 7.92. The van der Waals surface area contributed by atoms with Gasteiger partial charge < -0.3 is 15.0 Å². The van der Waals surface area contributed by atoms with Crippen LogP contribution < -0.4 is 14.4 Å². The Balaban J connectivity index is 1.76. The number of carbonyl (C=O) groups excluding carboxylic acids is 2. The van der Waals surface area contributed by atoms with Crippen LogP contribution in [0.5, 0.6) is 5.75 Å². The maximum atomic E-state index is 14.4. The molecule has 1 aliphatic rings. The zero-order valence-electron chi connectivity index (χ0n) is 25.6. The van der Waals surface area contributed by atoms with Gasteiger partial charge in [-0.15, -0.1) is 0 Å². The summed E-state index contributed by atoms with van der Waals surface area (Å²) in [5.74, 6) is -0.331. The molecule has 1 N–H and O–H groups in total. The van der Waals surface area contributed by atoms with E-state index in [-0.39, 0.29) is 29.1 Å². The number of nitrogens with one attached hydrogen (secondary N) is 1. The lowest BCUT2D eigenvalue weighted by atomic mass is 10.1. The minimum absolute atomic E-state index is 0.0636. The molecule has 0 heterocycles. The summed E-state index contributed by atoms with van der Waals surface area (Å²) >= 11 is 0. The summed E-state index contributed by atoms with van der Waals surface area (Å²) < 4.78 is 35.3. The molecular formula is C34H43N3O5S. The molecule has 1 aliphatic carbocycles. The number of aryl methyl sites for hydroxylation is 2. The van der Waals surface area contributed by atoms with Crippen molar-refractivity contribution < 1.29 is 22.7 Å². The van der Waals surface area contributed by atoms with E-state index in [4.69, 9.17) is 4.74 Å². The van der Waals surface area contributed by atoms with Gasteiger partial charge in [0.25, 0.3) is 10.0 Å². The molecule has 0 aliphatic heterocycles. The van der Waals surface area contributed by atoms with Crippen molar-refractivity contribution in [3.63, 3.8) is 0 Å². The second-order valence-electron chi connectivity index (χ2n) is 11.1. The zero-order chi connectivity index (χ0) is 31.0. The lowest BCUT2D eigenvalue weighted by Gasteiger charge is -2.34. The largest absolute Gasteiger partial charge is 0.492 e. The predicted molar refractivity (Wildman–Crippen MR) is 170 cm³/mol. The highest BCUT2D eigenvalue weighted by Crippen LogP contribution is 2.33. The average Bonchev–Trinajstić information content (AvgIpc) is 3.50. The molecule has 9 heteroatoms. The van der Waals surface area contributed by atoms with Crippen LogP contribution in [0.2, 0.25) is 0 Å². The van der Waals surface area contributed by atoms with Crippen molar-refractivity contribution >= 4 is 27.5 Å². The first-order valence-electron chi connectivity index (χ1n) is 15.1. The first-order chi connectivity index (χ1) is 20.6. The first kappa shape index (κ1) is 32.1. The van der Waals surface area contributed by atoms with Crippen molar-refractivity contribution in [2.45, 2.75) is 83.3 Å². The number of anilines is 1. The molecule has 1 saturated carbocycles. The van der Waals surface area contributed by atoms with Crippen molar-refractivity contribution in [3.05, 3.63) is 89.5 Å². The average molecular weight is 606 g/mol. The number of carbonyl (C=O) groups is 2. The van der Waals surface area contributed by atoms with Crippen LogP contribution in [-0.4, -0.2) is 50.4 Å². The van der Waals surface area contributed by atoms with Gasteiger partial charge in [0.2, 0.25) is 11.8 Å². The van der Waals surface area contributed by atoms with E-state index < -0.39 is 28.5 Å². The van der Waals surface area contributed by atoms with Gasteiger partial charge >= 0.3 is 0 Å². The van der Waals surface area contributed by atoms with Gasteiger partial charge in [0.1, 0.15) is 18.3 Å². The van der Waals surface area contributed by atoms with E-state index in [0.717, 1.165) is 46.7 Å². The third kappa shape index (κ3) is 7.76. The Morgan fingerprint density at radius 3 is 2.23 bits per heavy atom. The molecule has 0 bridgehead atoms. The van der Waals surface area contributed by atoms with Crippen molar-refractivity contribution in [1.29, 1.82) is 0 Å². The van der Waals surface area contributed by atoms with Crippen LogP contribution in [0.25, 0.3) is 0 Å². The topological polar surface area (TPSA) is 96.0 Å². The Morgan fingerprint density at radius 2 is 1.58 bits per heavy atom. The molecule has 3 aromatic carbocycles. The minimum atomic E-state index is -4.19. The summed E-state index contributed by atoms with van der Waals surface area (Å²) in [4.78, 5) is 29.6. The standard InChI is InChI=1S/C34H43N3O5S/c1-5-30(34(39)35-28-15-9-10-16-28)36(23-27-14-8-7-13-26(27)4)33(38)24-37(31-17-11-12-18-32(31)42-6-2)43(40,41)29-21-19-25(3)20-22-29/h7-8,11-14,17-22,28,30H,5-6,9-10,15-16,23-24H2,1-4H3,(H,35,39)/t30-/m1/s1. The molecule has 0 radical (unpaired) electrons. The maximum Gasteiger partial charge on any atom is 0.264 e. The van der Waals surface area contributed by atoms with Crippen LogP contribution in [0, 0.1) is 13.8 Å². The molecule has 0 spiro atoms. The molecule has 0 unspecified atom stereocenters. The van der Waals surface area contributed by atoms with E-state index >= 15 is 0 Å². The van der Waals surface area contributed by atoms with E-state index in [0.29, 0.717) is 18.8 Å². The Morgan fingerprint density at radius 1 is 0.930 bits per heavy atom. The van der Waals surface area contributed by atoms with Crippen LogP contribution >= 0.6 is 0 Å². The molecular weight excluding hydrogens is 562 g/mol. The number of sulfonamides is 1. The van der Waals surface area contributed by atoms with Crippen molar-refractivity contribution in [3.8, 4) is 5.75 Å². The molecule has 1 fully saturated rings.